The number of likely N-dealkylation sites (N-methyl/N-ethyl adjacent to an activating group) is 1. The largest absolute Gasteiger partial charge is 0.482 e. The summed E-state index contributed by atoms with van der Waals surface area (Å²) in [5, 5.41) is 4.85. The molecule has 8 heteroatoms. The molecular formula is C22H21ClN4O3. The fourth-order valence-electron chi connectivity index (χ4n) is 3.31. The summed E-state index contributed by atoms with van der Waals surface area (Å²) >= 11 is 6.06. The number of benzene rings is 2. The normalized spacial score (nSPS) is 13.0. The summed E-state index contributed by atoms with van der Waals surface area (Å²) < 4.78 is 7.26. The quantitative estimate of drug-likeness (QED) is 0.610. The molecule has 4 rings (SSSR count). The highest BCUT2D eigenvalue weighted by atomic mass is 35.5. The Hall–Kier alpha value is -3.32. The molecular weight excluding hydrogens is 404 g/mol. The van der Waals surface area contributed by atoms with Gasteiger partial charge in [-0.3, -0.25) is 19.2 Å². The number of hydrogen-bond donors (Lipinski definition) is 0. The number of ether oxygens (including phenoxy) is 1. The fourth-order valence-corrected chi connectivity index (χ4v) is 3.48. The van der Waals surface area contributed by atoms with E-state index in [9.17, 15) is 9.59 Å². The summed E-state index contributed by atoms with van der Waals surface area (Å²) in [5.74, 6) is 0.0748. The molecule has 0 N–H and O–H groups in total. The molecule has 2 aromatic carbocycles. The van der Waals surface area contributed by atoms with Crippen LogP contribution in [0.25, 0.3) is 0 Å². The third kappa shape index (κ3) is 4.46. The molecule has 2 amide bonds. The smallest absolute Gasteiger partial charge is 0.265 e. The van der Waals surface area contributed by atoms with Gasteiger partial charge in [-0.05, 0) is 23.8 Å². The van der Waals surface area contributed by atoms with E-state index in [1.807, 2.05) is 41.2 Å². The first-order valence-electron chi connectivity index (χ1n) is 9.51. The Bertz CT molecular complexity index is 1070. The molecule has 1 aliphatic heterocycles. The Balaban J connectivity index is 1.40. The minimum absolute atomic E-state index is 0.0792. The monoisotopic (exact) mass is 424 g/mol. The van der Waals surface area contributed by atoms with Crippen LogP contribution in [0.15, 0.2) is 60.9 Å². The van der Waals surface area contributed by atoms with Gasteiger partial charge in [0.15, 0.2) is 6.61 Å². The van der Waals surface area contributed by atoms with Gasteiger partial charge in [0.05, 0.1) is 18.4 Å². The first-order chi connectivity index (χ1) is 14.5. The maximum atomic E-state index is 12.8. The summed E-state index contributed by atoms with van der Waals surface area (Å²) in [6.45, 7) is 0.884. The van der Waals surface area contributed by atoms with Gasteiger partial charge in [0.2, 0.25) is 5.91 Å². The third-order valence-corrected chi connectivity index (χ3v) is 5.11. The maximum absolute atomic E-state index is 12.8. The number of fused-ring (bicyclic) bond motifs is 1. The topological polar surface area (TPSA) is 67.7 Å². The molecule has 154 valence electrons. The van der Waals surface area contributed by atoms with E-state index >= 15 is 0 Å². The number of hydrogen-bond acceptors (Lipinski definition) is 4. The van der Waals surface area contributed by atoms with Crippen LogP contribution in [-0.4, -0.2) is 46.7 Å². The molecule has 7 nitrogen and oxygen atoms in total. The van der Waals surface area contributed by atoms with Crippen LogP contribution in [0.5, 0.6) is 5.75 Å². The summed E-state index contributed by atoms with van der Waals surface area (Å²) in [4.78, 5) is 28.1. The van der Waals surface area contributed by atoms with Gasteiger partial charge in [-0.2, -0.15) is 5.10 Å². The van der Waals surface area contributed by atoms with Crippen LogP contribution in [-0.2, 0) is 22.7 Å². The zero-order valence-electron chi connectivity index (χ0n) is 16.5. The predicted octanol–water partition coefficient (Wildman–Crippen LogP) is 2.97. The van der Waals surface area contributed by atoms with Crippen molar-refractivity contribution < 1.29 is 14.3 Å². The lowest BCUT2D eigenvalue weighted by Crippen LogP contribution is -2.45. The third-order valence-electron chi connectivity index (χ3n) is 4.88. The van der Waals surface area contributed by atoms with E-state index in [0.29, 0.717) is 29.5 Å². The second-order valence-electron chi connectivity index (χ2n) is 7.16. The Morgan fingerprint density at radius 1 is 1.20 bits per heavy atom. The van der Waals surface area contributed by atoms with Crippen LogP contribution < -0.4 is 9.64 Å². The molecule has 0 radical (unpaired) electrons. The van der Waals surface area contributed by atoms with Crippen molar-refractivity contribution in [1.82, 2.24) is 14.7 Å². The molecule has 0 unspecified atom stereocenters. The lowest BCUT2D eigenvalue weighted by atomic mass is 10.2. The zero-order valence-corrected chi connectivity index (χ0v) is 17.2. The highest BCUT2D eigenvalue weighted by molar-refractivity contribution is 6.31. The van der Waals surface area contributed by atoms with Crippen molar-refractivity contribution >= 4 is 29.1 Å². The maximum Gasteiger partial charge on any atom is 0.265 e. The van der Waals surface area contributed by atoms with Gasteiger partial charge in [-0.1, -0.05) is 41.9 Å². The van der Waals surface area contributed by atoms with Crippen molar-refractivity contribution in [3.8, 4) is 5.75 Å². The van der Waals surface area contributed by atoms with E-state index in [-0.39, 0.29) is 25.0 Å². The first kappa shape index (κ1) is 20.0. The molecule has 1 aromatic heterocycles. The highest BCUT2D eigenvalue weighted by Crippen LogP contribution is 2.34. The van der Waals surface area contributed by atoms with Gasteiger partial charge in [0.1, 0.15) is 12.3 Å². The molecule has 3 aromatic rings. The van der Waals surface area contributed by atoms with Crippen LogP contribution in [0.1, 0.15) is 11.1 Å². The van der Waals surface area contributed by atoms with Gasteiger partial charge in [-0.25, -0.2) is 0 Å². The van der Waals surface area contributed by atoms with Crippen molar-refractivity contribution in [1.29, 1.82) is 0 Å². The number of carbonyl (C=O) groups is 2. The van der Waals surface area contributed by atoms with Crippen LogP contribution >= 0.6 is 11.6 Å². The Kier molecular flexibility index (Phi) is 5.72. The molecule has 0 atom stereocenters. The van der Waals surface area contributed by atoms with E-state index in [4.69, 9.17) is 16.3 Å². The van der Waals surface area contributed by atoms with Crippen LogP contribution in [0, 0.1) is 0 Å². The molecule has 30 heavy (non-hydrogen) atoms. The lowest BCUT2D eigenvalue weighted by molar-refractivity contribution is -0.131. The fraction of sp³-hybridized carbons (Fsp3) is 0.227. The van der Waals surface area contributed by atoms with Gasteiger partial charge in [0, 0.05) is 30.4 Å². The van der Waals surface area contributed by atoms with E-state index in [0.717, 1.165) is 11.1 Å². The van der Waals surface area contributed by atoms with E-state index in [1.54, 1.807) is 36.3 Å². The number of halogens is 1. The number of aromatic nitrogens is 2. The van der Waals surface area contributed by atoms with Crippen LogP contribution in [0.3, 0.4) is 0 Å². The van der Waals surface area contributed by atoms with Gasteiger partial charge in [0.25, 0.3) is 5.91 Å². The predicted molar refractivity (Wildman–Crippen MR) is 114 cm³/mol. The second kappa shape index (κ2) is 8.59. The van der Waals surface area contributed by atoms with Gasteiger partial charge < -0.3 is 9.64 Å². The summed E-state index contributed by atoms with van der Waals surface area (Å²) in [7, 11) is 1.71. The molecule has 2 heterocycles. The van der Waals surface area contributed by atoms with Crippen molar-refractivity contribution in [2.24, 2.45) is 0 Å². The first-order valence-corrected chi connectivity index (χ1v) is 9.89. The van der Waals surface area contributed by atoms with Crippen molar-refractivity contribution in [3.63, 3.8) is 0 Å². The average Bonchev–Trinajstić information content (AvgIpc) is 3.17. The lowest BCUT2D eigenvalue weighted by Gasteiger charge is -2.30. The molecule has 0 aliphatic carbocycles. The number of rotatable bonds is 6. The van der Waals surface area contributed by atoms with Crippen molar-refractivity contribution in [2.45, 2.75) is 13.1 Å². The second-order valence-corrected chi connectivity index (χ2v) is 7.60. The van der Waals surface area contributed by atoms with E-state index in [1.165, 1.54) is 4.90 Å². The number of nitrogens with zero attached hydrogens (tertiary/aromatic N) is 4. The minimum atomic E-state index is -0.276. The number of anilines is 1. The van der Waals surface area contributed by atoms with Crippen molar-refractivity contribution in [2.75, 3.05) is 25.1 Å². The van der Waals surface area contributed by atoms with E-state index < -0.39 is 0 Å². The molecule has 0 spiro atoms. The Labute approximate surface area is 179 Å². The van der Waals surface area contributed by atoms with Crippen LogP contribution in [0.4, 0.5) is 5.69 Å². The molecule has 0 saturated heterocycles. The van der Waals surface area contributed by atoms with Crippen LogP contribution in [0.2, 0.25) is 5.02 Å². The minimum Gasteiger partial charge on any atom is -0.482 e. The molecule has 0 saturated carbocycles. The van der Waals surface area contributed by atoms with Crippen molar-refractivity contribution in [3.05, 3.63) is 77.1 Å². The summed E-state index contributed by atoms with van der Waals surface area (Å²) in [6, 6.07) is 15.1. The number of amides is 2. The van der Waals surface area contributed by atoms with Gasteiger partial charge >= 0.3 is 0 Å². The highest BCUT2D eigenvalue weighted by Gasteiger charge is 2.28. The summed E-state index contributed by atoms with van der Waals surface area (Å²) in [6.07, 6.45) is 3.67. The standard InChI is InChI=1S/C22H21ClN4O3/c1-25(11-17-10-24-26(13-17)12-16-5-3-2-4-6-16)21(28)14-27-19-9-18(23)7-8-20(19)30-15-22(27)29/h2-10,13H,11-12,14-15H2,1H3. The Morgan fingerprint density at radius 3 is 2.80 bits per heavy atom. The average molecular weight is 425 g/mol. The molecule has 0 fully saturated rings. The molecule has 1 aliphatic rings. The number of carbonyl (C=O) groups excluding carboxylic acids is 2. The van der Waals surface area contributed by atoms with E-state index in [2.05, 4.69) is 5.10 Å². The SMILES string of the molecule is CN(Cc1cnn(Cc2ccccc2)c1)C(=O)CN1C(=O)COc2ccc(Cl)cc21. The molecule has 0 bridgehead atoms. The van der Waals surface area contributed by atoms with Gasteiger partial charge in [-0.15, -0.1) is 0 Å². The Morgan fingerprint density at radius 2 is 2.00 bits per heavy atom. The zero-order chi connectivity index (χ0) is 21.1. The summed E-state index contributed by atoms with van der Waals surface area (Å²) in [5.41, 5.74) is 2.58.